The van der Waals surface area contributed by atoms with Gasteiger partial charge in [0.05, 0.1) is 24.6 Å². The maximum Gasteiger partial charge on any atom is 0.229 e. The molecule has 0 aliphatic heterocycles. The molecular weight excluding hydrogens is 418 g/mol. The molecule has 2 aromatic rings. The number of aliphatic hydroxyl groups excluding tert-OH is 1. The summed E-state index contributed by atoms with van der Waals surface area (Å²) < 4.78 is 35.7. The number of ether oxygens (including phenoxy) is 2. The number of β-amino-alcohol motifs (C(OH)–C–C–N with tert-alkyl or cyclic N) is 1. The van der Waals surface area contributed by atoms with E-state index in [1.54, 1.807) is 7.11 Å². The molecular formula is C22H29N3O5S. The minimum absolute atomic E-state index is 0.0147. The van der Waals surface area contributed by atoms with E-state index in [9.17, 15) is 18.8 Å². The minimum Gasteiger partial charge on any atom is -0.497 e. The summed E-state index contributed by atoms with van der Waals surface area (Å²) in [6.07, 6.45) is 0.997. The van der Waals surface area contributed by atoms with Crippen LogP contribution < -0.4 is 19.5 Å². The van der Waals surface area contributed by atoms with Gasteiger partial charge in [0, 0.05) is 12.1 Å². The molecule has 3 N–H and O–H groups in total. The zero-order valence-electron chi connectivity index (χ0n) is 18.2. The van der Waals surface area contributed by atoms with Gasteiger partial charge in [0.15, 0.2) is 0 Å². The van der Waals surface area contributed by atoms with Crippen molar-refractivity contribution in [3.8, 4) is 17.6 Å². The Labute approximate surface area is 183 Å². The lowest BCUT2D eigenvalue weighted by molar-refractivity contribution is 0.0987. The van der Waals surface area contributed by atoms with Gasteiger partial charge >= 0.3 is 0 Å². The van der Waals surface area contributed by atoms with E-state index in [2.05, 4.69) is 10.0 Å². The van der Waals surface area contributed by atoms with Crippen molar-refractivity contribution in [2.24, 2.45) is 0 Å². The molecule has 2 aromatic carbocycles. The number of aliphatic hydroxyl groups is 1. The van der Waals surface area contributed by atoms with Gasteiger partial charge in [-0.1, -0.05) is 12.1 Å². The second-order valence-corrected chi connectivity index (χ2v) is 9.70. The highest BCUT2D eigenvalue weighted by molar-refractivity contribution is 7.92. The number of nitriles is 1. The van der Waals surface area contributed by atoms with E-state index in [-0.39, 0.29) is 29.1 Å². The first-order valence-corrected chi connectivity index (χ1v) is 11.6. The zero-order valence-corrected chi connectivity index (χ0v) is 19.0. The van der Waals surface area contributed by atoms with Crippen LogP contribution >= 0.6 is 0 Å². The summed E-state index contributed by atoms with van der Waals surface area (Å²) in [6, 6.07) is 14.2. The van der Waals surface area contributed by atoms with Crippen molar-refractivity contribution in [1.29, 1.82) is 5.26 Å². The summed E-state index contributed by atoms with van der Waals surface area (Å²) in [7, 11) is -1.81. The summed E-state index contributed by atoms with van der Waals surface area (Å²) in [6.45, 7) is 4.39. The first-order chi connectivity index (χ1) is 14.5. The topological polar surface area (TPSA) is 121 Å². The number of nitrogens with zero attached hydrogens (tertiary/aromatic N) is 1. The van der Waals surface area contributed by atoms with Crippen molar-refractivity contribution in [2.45, 2.75) is 31.9 Å². The molecule has 0 saturated carbocycles. The Balaban J connectivity index is 1.88. The van der Waals surface area contributed by atoms with E-state index in [1.807, 2.05) is 44.2 Å². The van der Waals surface area contributed by atoms with Crippen LogP contribution in [-0.2, 0) is 16.4 Å². The van der Waals surface area contributed by atoms with Crippen LogP contribution in [0.25, 0.3) is 0 Å². The molecule has 31 heavy (non-hydrogen) atoms. The second kappa shape index (κ2) is 10.5. The van der Waals surface area contributed by atoms with Crippen LogP contribution in [0.2, 0.25) is 0 Å². The Morgan fingerprint density at radius 1 is 1.19 bits per heavy atom. The van der Waals surface area contributed by atoms with Gasteiger partial charge in [-0.2, -0.15) is 5.26 Å². The van der Waals surface area contributed by atoms with Crippen LogP contribution in [0.1, 0.15) is 25.0 Å². The number of anilines is 1. The van der Waals surface area contributed by atoms with Gasteiger partial charge in [0.1, 0.15) is 30.3 Å². The number of nitrogens with one attached hydrogen (secondary N) is 2. The lowest BCUT2D eigenvalue weighted by atomic mass is 9.94. The molecule has 1 atom stereocenters. The van der Waals surface area contributed by atoms with Crippen LogP contribution in [0, 0.1) is 11.3 Å². The van der Waals surface area contributed by atoms with Crippen molar-refractivity contribution in [3.05, 3.63) is 53.6 Å². The Bertz CT molecular complexity index is 1010. The summed E-state index contributed by atoms with van der Waals surface area (Å²) in [4.78, 5) is 0. The van der Waals surface area contributed by atoms with E-state index in [4.69, 9.17) is 9.47 Å². The maximum atomic E-state index is 11.3. The third-order valence-electron chi connectivity index (χ3n) is 4.46. The van der Waals surface area contributed by atoms with Crippen LogP contribution in [0.3, 0.4) is 0 Å². The lowest BCUT2D eigenvalue weighted by Gasteiger charge is -2.28. The van der Waals surface area contributed by atoms with Crippen LogP contribution in [0.15, 0.2) is 42.5 Å². The number of hydrogen-bond donors (Lipinski definition) is 3. The maximum absolute atomic E-state index is 11.3. The molecule has 9 heteroatoms. The summed E-state index contributed by atoms with van der Waals surface area (Å²) >= 11 is 0. The largest absolute Gasteiger partial charge is 0.497 e. The standard InChI is InChI=1S/C22H29N3O5S/c1-22(2,12-16-5-8-20(29-3)9-6-16)24-14-19(26)15-30-21-10-7-18(11-17(21)13-23)25-31(4,27)28/h5-11,19,24-26H,12,14-15H2,1-4H3. The highest BCUT2D eigenvalue weighted by atomic mass is 32.2. The molecule has 8 nitrogen and oxygen atoms in total. The monoisotopic (exact) mass is 447 g/mol. The van der Waals surface area contributed by atoms with Crippen LogP contribution in [0.4, 0.5) is 5.69 Å². The number of sulfonamides is 1. The Morgan fingerprint density at radius 3 is 2.45 bits per heavy atom. The second-order valence-electron chi connectivity index (χ2n) is 7.95. The van der Waals surface area contributed by atoms with Gasteiger partial charge in [-0.15, -0.1) is 0 Å². The number of hydrogen-bond acceptors (Lipinski definition) is 7. The molecule has 0 heterocycles. The SMILES string of the molecule is COc1ccc(CC(C)(C)NCC(O)COc2ccc(NS(C)(=O)=O)cc2C#N)cc1. The van der Waals surface area contributed by atoms with E-state index in [0.717, 1.165) is 24.0 Å². The first kappa shape index (κ1) is 24.5. The highest BCUT2D eigenvalue weighted by Crippen LogP contribution is 2.23. The smallest absolute Gasteiger partial charge is 0.229 e. The Hall–Kier alpha value is -2.80. The summed E-state index contributed by atoms with van der Waals surface area (Å²) in [5, 5.41) is 22.9. The predicted molar refractivity (Wildman–Crippen MR) is 120 cm³/mol. The third-order valence-corrected chi connectivity index (χ3v) is 5.06. The number of benzene rings is 2. The van der Waals surface area contributed by atoms with Gasteiger partial charge in [-0.25, -0.2) is 8.42 Å². The molecule has 0 amide bonds. The van der Waals surface area contributed by atoms with E-state index in [0.29, 0.717) is 6.54 Å². The normalized spacial score (nSPS) is 12.6. The van der Waals surface area contributed by atoms with Gasteiger partial charge < -0.3 is 19.9 Å². The number of rotatable bonds is 11. The average Bonchev–Trinajstić information content (AvgIpc) is 2.70. The van der Waals surface area contributed by atoms with E-state index < -0.39 is 16.1 Å². The molecule has 1 unspecified atom stereocenters. The average molecular weight is 448 g/mol. The van der Waals surface area contributed by atoms with Gasteiger partial charge in [-0.05, 0) is 56.2 Å². The molecule has 0 radical (unpaired) electrons. The quantitative estimate of drug-likeness (QED) is 0.483. The highest BCUT2D eigenvalue weighted by Gasteiger charge is 2.20. The van der Waals surface area contributed by atoms with Crippen molar-refractivity contribution in [1.82, 2.24) is 5.32 Å². The fraction of sp³-hybridized carbons (Fsp3) is 0.409. The number of methoxy groups -OCH3 is 1. The molecule has 0 aliphatic rings. The third kappa shape index (κ3) is 8.45. The molecule has 0 aromatic heterocycles. The van der Waals surface area contributed by atoms with Crippen LogP contribution in [0.5, 0.6) is 11.5 Å². The van der Waals surface area contributed by atoms with Crippen molar-refractivity contribution >= 4 is 15.7 Å². The molecule has 0 bridgehead atoms. The predicted octanol–water partition coefficient (Wildman–Crippen LogP) is 2.29. The van der Waals surface area contributed by atoms with Gasteiger partial charge in [-0.3, -0.25) is 4.72 Å². The molecule has 0 spiro atoms. The van der Waals surface area contributed by atoms with E-state index >= 15 is 0 Å². The molecule has 0 saturated heterocycles. The molecule has 0 fully saturated rings. The van der Waals surface area contributed by atoms with Gasteiger partial charge in [0.25, 0.3) is 0 Å². The van der Waals surface area contributed by atoms with E-state index in [1.165, 1.54) is 18.2 Å². The first-order valence-electron chi connectivity index (χ1n) is 9.72. The van der Waals surface area contributed by atoms with Crippen molar-refractivity contribution in [2.75, 3.05) is 31.2 Å². The zero-order chi connectivity index (χ0) is 23.1. The Morgan fingerprint density at radius 2 is 1.87 bits per heavy atom. The Kier molecular flexibility index (Phi) is 8.28. The van der Waals surface area contributed by atoms with Crippen molar-refractivity contribution < 1.29 is 23.0 Å². The molecule has 168 valence electrons. The minimum atomic E-state index is -3.44. The summed E-state index contributed by atoms with van der Waals surface area (Å²) in [5.41, 5.74) is 1.33. The lowest BCUT2D eigenvalue weighted by Crippen LogP contribution is -2.46. The molecule has 0 aliphatic carbocycles. The molecule has 2 rings (SSSR count). The summed E-state index contributed by atoms with van der Waals surface area (Å²) in [5.74, 6) is 1.08. The van der Waals surface area contributed by atoms with Crippen LogP contribution in [-0.4, -0.2) is 51.7 Å². The fourth-order valence-electron chi connectivity index (χ4n) is 2.98. The van der Waals surface area contributed by atoms with Gasteiger partial charge in [0.2, 0.25) is 10.0 Å². The van der Waals surface area contributed by atoms with Crippen molar-refractivity contribution in [3.63, 3.8) is 0 Å². The fourth-order valence-corrected chi connectivity index (χ4v) is 3.53.